The number of aliphatic carboxylic acids is 1. The first kappa shape index (κ1) is 11.7. The van der Waals surface area contributed by atoms with Crippen LogP contribution in [-0.2, 0) is 4.79 Å². The molecule has 0 aliphatic carbocycles. The molecule has 15 heavy (non-hydrogen) atoms. The molecule has 1 unspecified atom stereocenters. The highest BCUT2D eigenvalue weighted by atomic mass is 19.1. The van der Waals surface area contributed by atoms with Crippen LogP contribution in [-0.4, -0.2) is 22.8 Å². The average molecular weight is 212 g/mol. The Hall–Kier alpha value is -1.42. The Labute approximate surface area is 87.2 Å². The molecule has 4 heteroatoms. The van der Waals surface area contributed by atoms with Gasteiger partial charge in [-0.1, -0.05) is 12.1 Å². The van der Waals surface area contributed by atoms with Gasteiger partial charge < -0.3 is 10.2 Å². The summed E-state index contributed by atoms with van der Waals surface area (Å²) < 4.78 is 12.9. The summed E-state index contributed by atoms with van der Waals surface area (Å²) in [5.41, 5.74) is 1.11. The summed E-state index contributed by atoms with van der Waals surface area (Å²) in [4.78, 5) is 10.5. The molecule has 0 spiro atoms. The predicted octanol–water partition coefficient (Wildman–Crippen LogP) is 1.68. The Kier molecular flexibility index (Phi) is 3.80. The van der Waals surface area contributed by atoms with Crippen molar-refractivity contribution in [2.45, 2.75) is 19.3 Å². The maximum atomic E-state index is 12.9. The van der Waals surface area contributed by atoms with Crippen molar-refractivity contribution < 1.29 is 19.4 Å². The lowest BCUT2D eigenvalue weighted by molar-refractivity contribution is -0.137. The molecule has 0 saturated heterocycles. The first-order valence-electron chi connectivity index (χ1n) is 4.63. The summed E-state index contributed by atoms with van der Waals surface area (Å²) in [5.74, 6) is -1.77. The van der Waals surface area contributed by atoms with E-state index in [2.05, 4.69) is 0 Å². The van der Waals surface area contributed by atoms with Crippen molar-refractivity contribution in [3.05, 3.63) is 35.1 Å². The maximum absolute atomic E-state index is 12.9. The molecule has 0 aliphatic heterocycles. The van der Waals surface area contributed by atoms with Crippen LogP contribution >= 0.6 is 0 Å². The molecule has 1 aromatic rings. The van der Waals surface area contributed by atoms with E-state index in [1.54, 1.807) is 13.0 Å². The minimum absolute atomic E-state index is 0.151. The van der Waals surface area contributed by atoms with Gasteiger partial charge in [0.1, 0.15) is 5.82 Å². The van der Waals surface area contributed by atoms with Crippen molar-refractivity contribution in [1.82, 2.24) is 0 Å². The van der Waals surface area contributed by atoms with Crippen molar-refractivity contribution >= 4 is 5.97 Å². The van der Waals surface area contributed by atoms with Crippen LogP contribution in [0.1, 0.15) is 23.5 Å². The fraction of sp³-hybridized carbons (Fsp3) is 0.364. The van der Waals surface area contributed by atoms with E-state index < -0.39 is 11.9 Å². The highest BCUT2D eigenvalue weighted by Gasteiger charge is 2.15. The fourth-order valence-corrected chi connectivity index (χ4v) is 1.42. The number of hydrogen-bond donors (Lipinski definition) is 2. The lowest BCUT2D eigenvalue weighted by Crippen LogP contribution is -2.10. The summed E-state index contributed by atoms with van der Waals surface area (Å²) >= 11 is 0. The van der Waals surface area contributed by atoms with Crippen LogP contribution in [0.4, 0.5) is 4.39 Å². The zero-order valence-corrected chi connectivity index (χ0v) is 8.40. The number of carbonyl (C=O) groups is 1. The molecule has 2 N–H and O–H groups in total. The molecule has 0 amide bonds. The molecule has 82 valence electrons. The third-order valence-electron chi connectivity index (χ3n) is 2.29. The quantitative estimate of drug-likeness (QED) is 0.798. The minimum Gasteiger partial charge on any atom is -0.481 e. The zero-order valence-electron chi connectivity index (χ0n) is 8.40. The van der Waals surface area contributed by atoms with E-state index in [-0.39, 0.29) is 18.8 Å². The minimum atomic E-state index is -0.976. The molecular weight excluding hydrogens is 199 g/mol. The Morgan fingerprint density at radius 3 is 2.67 bits per heavy atom. The van der Waals surface area contributed by atoms with Gasteiger partial charge in [0.2, 0.25) is 0 Å². The van der Waals surface area contributed by atoms with Gasteiger partial charge in [-0.05, 0) is 24.1 Å². The monoisotopic (exact) mass is 212 g/mol. The highest BCUT2D eigenvalue weighted by Crippen LogP contribution is 2.21. The second kappa shape index (κ2) is 4.89. The van der Waals surface area contributed by atoms with Gasteiger partial charge in [-0.15, -0.1) is 0 Å². The number of aryl methyl sites for hydroxylation is 1. The van der Waals surface area contributed by atoms with Gasteiger partial charge in [0, 0.05) is 5.92 Å². The van der Waals surface area contributed by atoms with Crippen LogP contribution in [0.25, 0.3) is 0 Å². The number of rotatable bonds is 4. The third-order valence-corrected chi connectivity index (χ3v) is 2.29. The van der Waals surface area contributed by atoms with Crippen molar-refractivity contribution in [2.24, 2.45) is 0 Å². The second-order valence-corrected chi connectivity index (χ2v) is 3.49. The van der Waals surface area contributed by atoms with Gasteiger partial charge in [0.15, 0.2) is 0 Å². The molecule has 0 heterocycles. The highest BCUT2D eigenvalue weighted by molar-refractivity contribution is 5.68. The Balaban J connectivity index is 2.92. The van der Waals surface area contributed by atoms with Crippen LogP contribution in [0, 0.1) is 12.7 Å². The molecule has 0 aliphatic rings. The van der Waals surface area contributed by atoms with Crippen molar-refractivity contribution in [3.8, 4) is 0 Å². The number of carboxylic acid groups (broad SMARTS) is 1. The van der Waals surface area contributed by atoms with Gasteiger partial charge in [-0.2, -0.15) is 0 Å². The normalized spacial score (nSPS) is 12.5. The van der Waals surface area contributed by atoms with Gasteiger partial charge >= 0.3 is 5.97 Å². The van der Waals surface area contributed by atoms with Gasteiger partial charge in [-0.25, -0.2) is 4.39 Å². The molecule has 1 rings (SSSR count). The van der Waals surface area contributed by atoms with E-state index in [1.807, 2.05) is 0 Å². The lowest BCUT2D eigenvalue weighted by Gasteiger charge is -2.12. The third kappa shape index (κ3) is 3.02. The molecule has 1 atom stereocenters. The van der Waals surface area contributed by atoms with E-state index in [4.69, 9.17) is 10.2 Å². The lowest BCUT2D eigenvalue weighted by atomic mass is 9.95. The Morgan fingerprint density at radius 2 is 2.20 bits per heavy atom. The van der Waals surface area contributed by atoms with Crippen LogP contribution < -0.4 is 0 Å². The Bertz CT molecular complexity index is 363. The van der Waals surface area contributed by atoms with Gasteiger partial charge in [0.05, 0.1) is 13.0 Å². The SMILES string of the molecule is Cc1cc(C(CO)CC(=O)O)ccc1F. The standard InChI is InChI=1S/C11H13FO3/c1-7-4-8(2-3-10(7)12)9(6-13)5-11(14)15/h2-4,9,13H,5-6H2,1H3,(H,14,15). The number of hydrogen-bond acceptors (Lipinski definition) is 2. The molecule has 1 aromatic carbocycles. The Morgan fingerprint density at radius 1 is 1.53 bits per heavy atom. The van der Waals surface area contributed by atoms with E-state index in [9.17, 15) is 9.18 Å². The van der Waals surface area contributed by atoms with Crippen molar-refractivity contribution in [1.29, 1.82) is 0 Å². The summed E-state index contributed by atoms with van der Waals surface area (Å²) in [6.07, 6.45) is -0.151. The molecule has 0 bridgehead atoms. The maximum Gasteiger partial charge on any atom is 0.304 e. The van der Waals surface area contributed by atoms with E-state index in [1.165, 1.54) is 12.1 Å². The summed E-state index contributed by atoms with van der Waals surface area (Å²) in [7, 11) is 0. The number of aliphatic hydroxyl groups excluding tert-OH is 1. The zero-order chi connectivity index (χ0) is 11.4. The van der Waals surface area contributed by atoms with E-state index in [0.29, 0.717) is 11.1 Å². The topological polar surface area (TPSA) is 57.5 Å². The van der Waals surface area contributed by atoms with Crippen LogP contribution in [0.5, 0.6) is 0 Å². The number of aliphatic hydroxyl groups is 1. The number of carboxylic acids is 1. The predicted molar refractivity (Wildman–Crippen MR) is 53.2 cm³/mol. The second-order valence-electron chi connectivity index (χ2n) is 3.49. The summed E-state index contributed by atoms with van der Waals surface area (Å²) in [5, 5.41) is 17.6. The summed E-state index contributed by atoms with van der Waals surface area (Å²) in [6, 6.07) is 4.36. The number of halogens is 1. The molecular formula is C11H13FO3. The first-order valence-corrected chi connectivity index (χ1v) is 4.63. The van der Waals surface area contributed by atoms with E-state index in [0.717, 1.165) is 0 Å². The molecule has 0 fully saturated rings. The van der Waals surface area contributed by atoms with Crippen LogP contribution in [0.15, 0.2) is 18.2 Å². The summed E-state index contributed by atoms with van der Waals surface area (Å²) in [6.45, 7) is 1.35. The van der Waals surface area contributed by atoms with Crippen LogP contribution in [0.3, 0.4) is 0 Å². The van der Waals surface area contributed by atoms with Gasteiger partial charge in [-0.3, -0.25) is 4.79 Å². The molecule has 3 nitrogen and oxygen atoms in total. The smallest absolute Gasteiger partial charge is 0.304 e. The molecule has 0 radical (unpaired) electrons. The van der Waals surface area contributed by atoms with E-state index >= 15 is 0 Å². The molecule has 0 aromatic heterocycles. The number of benzene rings is 1. The van der Waals surface area contributed by atoms with Crippen molar-refractivity contribution in [3.63, 3.8) is 0 Å². The fourth-order valence-electron chi connectivity index (χ4n) is 1.42. The van der Waals surface area contributed by atoms with Crippen molar-refractivity contribution in [2.75, 3.05) is 6.61 Å². The average Bonchev–Trinajstić information content (AvgIpc) is 2.18. The largest absolute Gasteiger partial charge is 0.481 e. The first-order chi connectivity index (χ1) is 7.04. The molecule has 0 saturated carbocycles. The van der Waals surface area contributed by atoms with Gasteiger partial charge in [0.25, 0.3) is 0 Å². The van der Waals surface area contributed by atoms with Crippen LogP contribution in [0.2, 0.25) is 0 Å².